The first-order valence-corrected chi connectivity index (χ1v) is 13.0. The smallest absolute Gasteiger partial charge is 0.257 e. The molecule has 0 radical (unpaired) electrons. The topological polar surface area (TPSA) is 92.9 Å². The molecule has 10 heteroatoms. The Morgan fingerprint density at radius 1 is 0.895 bits per heavy atom. The van der Waals surface area contributed by atoms with Crippen LogP contribution >= 0.6 is 0 Å². The lowest BCUT2D eigenvalue weighted by molar-refractivity contribution is 0.0788. The van der Waals surface area contributed by atoms with Crippen LogP contribution in [0.2, 0.25) is 0 Å². The van der Waals surface area contributed by atoms with E-state index in [-0.39, 0.29) is 17.8 Å². The van der Waals surface area contributed by atoms with Gasteiger partial charge in [-0.05, 0) is 37.9 Å². The van der Waals surface area contributed by atoms with Gasteiger partial charge in [0.1, 0.15) is 6.33 Å². The molecule has 2 aliphatic rings. The molecule has 0 saturated carbocycles. The molecule has 0 bridgehead atoms. The van der Waals surface area contributed by atoms with Crippen molar-refractivity contribution in [1.29, 1.82) is 0 Å². The van der Waals surface area contributed by atoms with Crippen molar-refractivity contribution in [2.75, 3.05) is 26.2 Å². The number of piperidine rings is 1. The maximum atomic E-state index is 13.8. The van der Waals surface area contributed by atoms with E-state index < -0.39 is 5.82 Å². The minimum absolute atomic E-state index is 0.0179. The van der Waals surface area contributed by atoms with Gasteiger partial charge >= 0.3 is 0 Å². The third-order valence-electron chi connectivity index (χ3n) is 7.57. The van der Waals surface area contributed by atoms with Gasteiger partial charge in [0.15, 0.2) is 5.82 Å². The molecule has 3 aromatic heterocycles. The number of benzene rings is 1. The van der Waals surface area contributed by atoms with Gasteiger partial charge in [0.25, 0.3) is 11.9 Å². The van der Waals surface area contributed by atoms with Gasteiger partial charge in [-0.3, -0.25) is 9.69 Å². The van der Waals surface area contributed by atoms with Crippen molar-refractivity contribution >= 4 is 5.91 Å². The number of likely N-dealkylation sites (tertiary alicyclic amines) is 2. The maximum Gasteiger partial charge on any atom is 0.257 e. The van der Waals surface area contributed by atoms with E-state index in [0.717, 1.165) is 62.5 Å². The van der Waals surface area contributed by atoms with Gasteiger partial charge in [0.05, 0.1) is 29.8 Å². The third kappa shape index (κ3) is 5.04. The van der Waals surface area contributed by atoms with Crippen LogP contribution in [0.1, 0.15) is 58.3 Å². The Labute approximate surface area is 220 Å². The predicted molar refractivity (Wildman–Crippen MR) is 138 cm³/mol. The summed E-state index contributed by atoms with van der Waals surface area (Å²) < 4.78 is 15.2. The second kappa shape index (κ2) is 10.7. The van der Waals surface area contributed by atoms with E-state index in [4.69, 9.17) is 0 Å². The monoisotopic (exact) mass is 512 g/mol. The number of aromatic nitrogens is 6. The summed E-state index contributed by atoms with van der Waals surface area (Å²) >= 11 is 0. The SMILES string of the molecule is O=C(c1cnn(-c2ncc(F)cn2)c1C1CCN(Cc2cncnc2)CC1)N1CC[C@H](c2ccccc2)C1. The highest BCUT2D eigenvalue weighted by atomic mass is 19.1. The van der Waals surface area contributed by atoms with Gasteiger partial charge in [0, 0.05) is 49.4 Å². The van der Waals surface area contributed by atoms with Gasteiger partial charge in [0.2, 0.25) is 0 Å². The summed E-state index contributed by atoms with van der Waals surface area (Å²) in [5, 5.41) is 4.54. The van der Waals surface area contributed by atoms with Crippen molar-refractivity contribution in [2.24, 2.45) is 0 Å². The molecule has 0 aliphatic carbocycles. The molecule has 194 valence electrons. The fourth-order valence-electron chi connectivity index (χ4n) is 5.64. The number of hydrogen-bond donors (Lipinski definition) is 0. The largest absolute Gasteiger partial charge is 0.338 e. The molecule has 9 nitrogen and oxygen atoms in total. The van der Waals surface area contributed by atoms with Gasteiger partial charge in [-0.2, -0.15) is 5.10 Å². The molecule has 2 fully saturated rings. The van der Waals surface area contributed by atoms with Crippen molar-refractivity contribution in [1.82, 2.24) is 39.5 Å². The van der Waals surface area contributed by atoms with Crippen LogP contribution in [-0.2, 0) is 6.54 Å². The number of amides is 1. The first kappa shape index (κ1) is 24.3. The zero-order valence-electron chi connectivity index (χ0n) is 21.0. The van der Waals surface area contributed by atoms with E-state index in [1.54, 1.807) is 10.9 Å². The van der Waals surface area contributed by atoms with Gasteiger partial charge < -0.3 is 4.90 Å². The first-order chi connectivity index (χ1) is 18.7. The van der Waals surface area contributed by atoms with E-state index in [9.17, 15) is 9.18 Å². The maximum absolute atomic E-state index is 13.8. The molecule has 0 unspecified atom stereocenters. The van der Waals surface area contributed by atoms with Gasteiger partial charge in [-0.25, -0.2) is 29.0 Å². The highest BCUT2D eigenvalue weighted by Crippen LogP contribution is 2.34. The predicted octanol–water partition coefficient (Wildman–Crippen LogP) is 3.60. The minimum atomic E-state index is -0.513. The zero-order chi connectivity index (χ0) is 25.9. The van der Waals surface area contributed by atoms with Crippen LogP contribution in [0.5, 0.6) is 0 Å². The van der Waals surface area contributed by atoms with Crippen LogP contribution in [-0.4, -0.2) is 71.6 Å². The Morgan fingerprint density at radius 3 is 2.34 bits per heavy atom. The lowest BCUT2D eigenvalue weighted by Crippen LogP contribution is -2.34. The molecule has 6 rings (SSSR count). The third-order valence-corrected chi connectivity index (χ3v) is 7.57. The van der Waals surface area contributed by atoms with Crippen molar-refractivity contribution in [3.8, 4) is 5.95 Å². The van der Waals surface area contributed by atoms with E-state index in [2.05, 4.69) is 42.1 Å². The normalized spacial score (nSPS) is 18.7. The van der Waals surface area contributed by atoms with Crippen molar-refractivity contribution in [3.05, 3.63) is 95.8 Å². The van der Waals surface area contributed by atoms with Gasteiger partial charge in [-0.15, -0.1) is 0 Å². The fraction of sp³-hybridized carbons (Fsp3) is 0.357. The number of nitrogens with zero attached hydrogens (tertiary/aromatic N) is 8. The molecule has 5 heterocycles. The summed E-state index contributed by atoms with van der Waals surface area (Å²) in [5.41, 5.74) is 3.73. The highest BCUT2D eigenvalue weighted by molar-refractivity contribution is 5.95. The quantitative estimate of drug-likeness (QED) is 0.390. The Morgan fingerprint density at radius 2 is 1.61 bits per heavy atom. The van der Waals surface area contributed by atoms with E-state index in [1.165, 1.54) is 11.9 Å². The number of hydrogen-bond acceptors (Lipinski definition) is 7. The van der Waals surface area contributed by atoms with Crippen LogP contribution in [0.25, 0.3) is 5.95 Å². The zero-order valence-corrected chi connectivity index (χ0v) is 21.0. The molecule has 1 amide bonds. The number of halogens is 1. The Bertz CT molecular complexity index is 1370. The van der Waals surface area contributed by atoms with Crippen LogP contribution in [0.15, 0.2) is 67.6 Å². The lowest BCUT2D eigenvalue weighted by atomic mass is 9.90. The molecule has 1 aromatic carbocycles. The first-order valence-electron chi connectivity index (χ1n) is 13.0. The van der Waals surface area contributed by atoms with E-state index in [1.807, 2.05) is 35.5 Å². The molecular weight excluding hydrogens is 483 g/mol. The van der Waals surface area contributed by atoms with E-state index in [0.29, 0.717) is 24.6 Å². The Balaban J connectivity index is 1.24. The fourth-order valence-corrected chi connectivity index (χ4v) is 5.64. The molecule has 2 saturated heterocycles. The number of carbonyl (C=O) groups is 1. The molecule has 4 aromatic rings. The molecular formula is C28H29FN8O. The van der Waals surface area contributed by atoms with Gasteiger partial charge in [-0.1, -0.05) is 30.3 Å². The molecule has 2 aliphatic heterocycles. The van der Waals surface area contributed by atoms with Crippen molar-refractivity contribution in [3.63, 3.8) is 0 Å². The minimum Gasteiger partial charge on any atom is -0.338 e. The summed E-state index contributed by atoms with van der Waals surface area (Å²) in [6.45, 7) is 3.89. The highest BCUT2D eigenvalue weighted by Gasteiger charge is 2.34. The second-order valence-electron chi connectivity index (χ2n) is 10.0. The Hall–Kier alpha value is -4.05. The average Bonchev–Trinajstić information content (AvgIpc) is 3.63. The lowest BCUT2D eigenvalue weighted by Gasteiger charge is -2.32. The van der Waals surface area contributed by atoms with Crippen LogP contribution in [0.3, 0.4) is 0 Å². The van der Waals surface area contributed by atoms with Crippen molar-refractivity contribution < 1.29 is 9.18 Å². The molecule has 0 spiro atoms. The number of carbonyl (C=O) groups excluding carboxylic acids is 1. The standard InChI is InChI=1S/C28H29FN8O/c29-24-14-32-28(33-15-24)37-26(22-6-9-35(10-7-22)17-20-12-30-19-31-13-20)25(16-34-37)27(38)36-11-8-23(18-36)21-4-2-1-3-5-21/h1-5,12-16,19,22-23H,6-11,17-18H2/t23-/m0/s1. The summed E-state index contributed by atoms with van der Waals surface area (Å²) in [5.74, 6) is 0.162. The summed E-state index contributed by atoms with van der Waals surface area (Å²) in [4.78, 5) is 34.7. The van der Waals surface area contributed by atoms with Crippen LogP contribution in [0, 0.1) is 5.82 Å². The summed E-state index contributed by atoms with van der Waals surface area (Å²) in [7, 11) is 0. The summed E-state index contributed by atoms with van der Waals surface area (Å²) in [6.07, 6.45) is 11.8. The molecule has 0 N–H and O–H groups in total. The van der Waals surface area contributed by atoms with E-state index >= 15 is 0 Å². The molecule has 38 heavy (non-hydrogen) atoms. The molecule has 1 atom stereocenters. The number of rotatable bonds is 6. The summed E-state index contributed by atoms with van der Waals surface area (Å²) in [6, 6.07) is 10.4. The Kier molecular flexibility index (Phi) is 6.87. The van der Waals surface area contributed by atoms with Crippen LogP contribution < -0.4 is 0 Å². The van der Waals surface area contributed by atoms with Crippen molar-refractivity contribution in [2.45, 2.75) is 37.6 Å². The second-order valence-corrected chi connectivity index (χ2v) is 10.0. The van der Waals surface area contributed by atoms with Crippen LogP contribution in [0.4, 0.5) is 4.39 Å². The average molecular weight is 513 g/mol.